The molecule has 66 valence electrons. The van der Waals surface area contributed by atoms with Crippen molar-refractivity contribution in [2.45, 2.75) is 12.5 Å². The first-order chi connectivity index (χ1) is 5.42. The zero-order valence-corrected chi connectivity index (χ0v) is 6.75. The van der Waals surface area contributed by atoms with Gasteiger partial charge in [0.25, 0.3) is 0 Å². The van der Waals surface area contributed by atoms with Crippen LogP contribution >= 0.6 is 0 Å². The molecule has 0 fully saturated rings. The number of primary amides is 1. The molecule has 3 nitrogen and oxygen atoms in total. The summed E-state index contributed by atoms with van der Waals surface area (Å²) in [5.41, 5.74) is 9.70. The lowest BCUT2D eigenvalue weighted by molar-refractivity contribution is -0.119. The fourth-order valence-electron chi connectivity index (χ4n) is 1.06. The normalized spacial score (nSPS) is 34.6. The molecule has 2 atom stereocenters. The summed E-state index contributed by atoms with van der Waals surface area (Å²) in [7, 11) is 0. The van der Waals surface area contributed by atoms with Crippen molar-refractivity contribution >= 4 is 5.91 Å². The van der Waals surface area contributed by atoms with E-state index in [0.29, 0.717) is 0 Å². The van der Waals surface area contributed by atoms with Crippen molar-refractivity contribution < 1.29 is 9.18 Å². The van der Waals surface area contributed by atoms with Crippen LogP contribution in [0.15, 0.2) is 24.1 Å². The molecule has 4 N–H and O–H groups in total. The van der Waals surface area contributed by atoms with Crippen LogP contribution in [-0.2, 0) is 4.79 Å². The minimum atomic E-state index is -0.943. The number of carbonyl (C=O) groups is 1. The Labute approximate surface area is 69.9 Å². The summed E-state index contributed by atoms with van der Waals surface area (Å²) in [5.74, 6) is -2.22. The fraction of sp³-hybridized carbons (Fsp3) is 0.375. The number of rotatable bonds is 1. The second-order valence-corrected chi connectivity index (χ2v) is 3.13. The van der Waals surface area contributed by atoms with Crippen molar-refractivity contribution in [2.24, 2.45) is 17.4 Å². The zero-order valence-electron chi connectivity index (χ0n) is 6.75. The van der Waals surface area contributed by atoms with Crippen LogP contribution in [0.1, 0.15) is 6.92 Å². The monoisotopic (exact) mass is 170 g/mol. The molecule has 12 heavy (non-hydrogen) atoms. The molecule has 1 amide bonds. The van der Waals surface area contributed by atoms with Gasteiger partial charge in [0.05, 0.1) is 5.54 Å². The van der Waals surface area contributed by atoms with Gasteiger partial charge < -0.3 is 11.5 Å². The van der Waals surface area contributed by atoms with E-state index in [2.05, 4.69) is 0 Å². The van der Waals surface area contributed by atoms with Crippen LogP contribution in [0.2, 0.25) is 0 Å². The Hall–Kier alpha value is -1.16. The number of carbonyl (C=O) groups excluding carboxylic acids is 1. The van der Waals surface area contributed by atoms with E-state index in [4.69, 9.17) is 11.5 Å². The molecule has 0 saturated heterocycles. The van der Waals surface area contributed by atoms with Crippen LogP contribution in [0.4, 0.5) is 4.39 Å². The van der Waals surface area contributed by atoms with Crippen LogP contribution in [-0.4, -0.2) is 11.4 Å². The van der Waals surface area contributed by atoms with E-state index in [1.54, 1.807) is 13.0 Å². The zero-order chi connectivity index (χ0) is 9.35. The van der Waals surface area contributed by atoms with Gasteiger partial charge in [0.1, 0.15) is 11.7 Å². The number of hydrogen-bond acceptors (Lipinski definition) is 2. The van der Waals surface area contributed by atoms with Crippen molar-refractivity contribution in [3.8, 4) is 0 Å². The Bertz CT molecular complexity index is 268. The van der Waals surface area contributed by atoms with Crippen molar-refractivity contribution in [3.05, 3.63) is 24.1 Å². The summed E-state index contributed by atoms with van der Waals surface area (Å²) in [6, 6.07) is 0. The molecule has 1 aliphatic carbocycles. The van der Waals surface area contributed by atoms with E-state index in [1.807, 2.05) is 0 Å². The standard InChI is InChI=1S/C8H11FN2O/c1-8(11)3-2-5(7(10)12)6(9)4-8/h2-5H,11H2,1H3,(H2,10,12). The van der Waals surface area contributed by atoms with Gasteiger partial charge in [-0.15, -0.1) is 0 Å². The van der Waals surface area contributed by atoms with Crippen LogP contribution < -0.4 is 11.5 Å². The molecular weight excluding hydrogens is 159 g/mol. The van der Waals surface area contributed by atoms with Gasteiger partial charge in [-0.2, -0.15) is 0 Å². The highest BCUT2D eigenvalue weighted by atomic mass is 19.1. The molecule has 0 aromatic rings. The quantitative estimate of drug-likeness (QED) is 0.553. The highest BCUT2D eigenvalue weighted by molar-refractivity contribution is 5.81. The molecule has 0 aromatic heterocycles. The Kier molecular flexibility index (Phi) is 2.02. The highest BCUT2D eigenvalue weighted by Gasteiger charge is 2.26. The number of amides is 1. The average molecular weight is 170 g/mol. The fourth-order valence-corrected chi connectivity index (χ4v) is 1.06. The first-order valence-electron chi connectivity index (χ1n) is 3.58. The molecule has 1 rings (SSSR count). The Morgan fingerprint density at radius 1 is 1.75 bits per heavy atom. The summed E-state index contributed by atoms with van der Waals surface area (Å²) < 4.78 is 13.0. The minimum Gasteiger partial charge on any atom is -0.369 e. The van der Waals surface area contributed by atoms with Gasteiger partial charge in [-0.25, -0.2) is 4.39 Å². The van der Waals surface area contributed by atoms with Gasteiger partial charge in [0, 0.05) is 0 Å². The Balaban J connectivity index is 2.91. The van der Waals surface area contributed by atoms with Crippen LogP contribution in [0, 0.1) is 5.92 Å². The second-order valence-electron chi connectivity index (χ2n) is 3.13. The molecule has 0 heterocycles. The second kappa shape index (κ2) is 2.71. The molecule has 0 radical (unpaired) electrons. The van der Waals surface area contributed by atoms with Crippen LogP contribution in [0.3, 0.4) is 0 Å². The molecule has 2 unspecified atom stereocenters. The molecule has 0 spiro atoms. The average Bonchev–Trinajstić information content (AvgIpc) is 1.83. The first kappa shape index (κ1) is 8.93. The molecule has 0 aromatic carbocycles. The molecule has 4 heteroatoms. The van der Waals surface area contributed by atoms with Crippen LogP contribution in [0.25, 0.3) is 0 Å². The number of hydrogen-bond donors (Lipinski definition) is 2. The third-order valence-corrected chi connectivity index (χ3v) is 1.70. The largest absolute Gasteiger partial charge is 0.369 e. The molecule has 0 bridgehead atoms. The van der Waals surface area contributed by atoms with E-state index >= 15 is 0 Å². The van der Waals surface area contributed by atoms with E-state index in [0.717, 1.165) is 0 Å². The maximum absolute atomic E-state index is 13.0. The lowest BCUT2D eigenvalue weighted by Gasteiger charge is -2.22. The van der Waals surface area contributed by atoms with Gasteiger partial charge >= 0.3 is 0 Å². The minimum absolute atomic E-state index is 0.574. The van der Waals surface area contributed by atoms with Crippen molar-refractivity contribution in [2.75, 3.05) is 0 Å². The summed E-state index contributed by atoms with van der Waals surface area (Å²) in [5, 5.41) is 0. The Morgan fingerprint density at radius 2 is 2.33 bits per heavy atom. The van der Waals surface area contributed by atoms with Gasteiger partial charge in [0.2, 0.25) is 5.91 Å². The van der Waals surface area contributed by atoms with Gasteiger partial charge in [-0.3, -0.25) is 4.79 Å². The van der Waals surface area contributed by atoms with Gasteiger partial charge in [0.15, 0.2) is 0 Å². The number of halogens is 1. The summed E-state index contributed by atoms with van der Waals surface area (Å²) in [6.07, 6.45) is 4.14. The summed E-state index contributed by atoms with van der Waals surface area (Å²) in [4.78, 5) is 10.6. The molecule has 1 aliphatic rings. The van der Waals surface area contributed by atoms with E-state index in [-0.39, 0.29) is 0 Å². The van der Waals surface area contributed by atoms with Crippen molar-refractivity contribution in [3.63, 3.8) is 0 Å². The van der Waals surface area contributed by atoms with Gasteiger partial charge in [-0.1, -0.05) is 12.2 Å². The highest BCUT2D eigenvalue weighted by Crippen LogP contribution is 2.23. The topological polar surface area (TPSA) is 69.1 Å². The first-order valence-corrected chi connectivity index (χ1v) is 3.58. The smallest absolute Gasteiger partial charge is 0.231 e. The number of nitrogens with two attached hydrogens (primary N) is 2. The molecular formula is C8H11FN2O. The predicted molar refractivity (Wildman–Crippen MR) is 43.6 cm³/mol. The third-order valence-electron chi connectivity index (χ3n) is 1.70. The maximum atomic E-state index is 13.0. The lowest BCUT2D eigenvalue weighted by Crippen LogP contribution is -2.36. The van der Waals surface area contributed by atoms with Gasteiger partial charge in [-0.05, 0) is 13.0 Å². The summed E-state index contributed by atoms with van der Waals surface area (Å²) in [6.45, 7) is 1.64. The Morgan fingerprint density at radius 3 is 2.75 bits per heavy atom. The maximum Gasteiger partial charge on any atom is 0.231 e. The summed E-state index contributed by atoms with van der Waals surface area (Å²) >= 11 is 0. The van der Waals surface area contributed by atoms with Crippen molar-refractivity contribution in [1.82, 2.24) is 0 Å². The lowest BCUT2D eigenvalue weighted by atomic mass is 9.91. The van der Waals surface area contributed by atoms with E-state index in [1.165, 1.54) is 12.2 Å². The van der Waals surface area contributed by atoms with Crippen molar-refractivity contribution in [1.29, 1.82) is 0 Å². The third kappa shape index (κ3) is 1.71. The molecule has 0 saturated carbocycles. The SMILES string of the molecule is CC1(N)C=CC(C(N)=O)C(F)=C1. The van der Waals surface area contributed by atoms with Crippen LogP contribution in [0.5, 0.6) is 0 Å². The predicted octanol–water partition coefficient (Wildman–Crippen LogP) is 0.228. The van der Waals surface area contributed by atoms with E-state index < -0.39 is 23.2 Å². The molecule has 0 aliphatic heterocycles. The van der Waals surface area contributed by atoms with E-state index in [9.17, 15) is 9.18 Å².